The smallest absolute Gasteiger partial charge is 0.243 e. The molecule has 0 bridgehead atoms. The van der Waals surface area contributed by atoms with Gasteiger partial charge >= 0.3 is 0 Å². The molecule has 248 valence electrons. The molecule has 0 aliphatic heterocycles. The van der Waals surface area contributed by atoms with E-state index < -0.39 is 16.1 Å². The van der Waals surface area contributed by atoms with Crippen molar-refractivity contribution in [3.8, 4) is 5.75 Å². The Bertz CT molecular complexity index is 1600. The third-order valence-corrected chi connectivity index (χ3v) is 10.4. The number of amides is 2. The summed E-state index contributed by atoms with van der Waals surface area (Å²) >= 11 is 18.8. The van der Waals surface area contributed by atoms with E-state index in [4.69, 9.17) is 39.5 Å². The molecule has 1 N–H and O–H groups in total. The Balaban J connectivity index is 1.61. The van der Waals surface area contributed by atoms with Crippen molar-refractivity contribution >= 4 is 62.3 Å². The summed E-state index contributed by atoms with van der Waals surface area (Å²) in [7, 11) is -2.22. The van der Waals surface area contributed by atoms with E-state index in [-0.39, 0.29) is 48.8 Å². The van der Waals surface area contributed by atoms with Gasteiger partial charge in [0.2, 0.25) is 21.8 Å². The number of sulfonamides is 1. The van der Waals surface area contributed by atoms with Gasteiger partial charge in [-0.1, -0.05) is 90.5 Å². The second-order valence-electron chi connectivity index (χ2n) is 11.6. The summed E-state index contributed by atoms with van der Waals surface area (Å²) in [5.74, 6) is -0.0789. The highest BCUT2D eigenvalue weighted by molar-refractivity contribution is 7.92. The Morgan fingerprint density at radius 2 is 1.63 bits per heavy atom. The summed E-state index contributed by atoms with van der Waals surface area (Å²) in [4.78, 5) is 29.7. The fourth-order valence-corrected chi connectivity index (χ4v) is 7.28. The molecule has 1 aliphatic rings. The first kappa shape index (κ1) is 35.9. The molecule has 12 heteroatoms. The Morgan fingerprint density at radius 1 is 0.913 bits per heavy atom. The largest absolute Gasteiger partial charge is 0.495 e. The summed E-state index contributed by atoms with van der Waals surface area (Å²) in [6, 6.07) is 18.7. The first-order valence-electron chi connectivity index (χ1n) is 15.3. The number of nitrogens with one attached hydrogen (secondary N) is 1. The molecule has 0 unspecified atom stereocenters. The van der Waals surface area contributed by atoms with Gasteiger partial charge < -0.3 is 15.0 Å². The van der Waals surface area contributed by atoms with E-state index in [1.54, 1.807) is 35.2 Å². The van der Waals surface area contributed by atoms with Crippen LogP contribution in [0.3, 0.4) is 0 Å². The van der Waals surface area contributed by atoms with Crippen LogP contribution in [-0.4, -0.2) is 57.1 Å². The molecule has 4 rings (SSSR count). The SMILES string of the molecule is COc1ccc(N(CCCC(=O)N(Cc2ccc(Cl)c(Cl)c2)[C@H](Cc2ccccc2)C(=O)NC2CCCCC2)S(C)(=O)=O)cc1Cl. The molecule has 0 radical (unpaired) electrons. The van der Waals surface area contributed by atoms with E-state index in [1.165, 1.54) is 17.5 Å². The average molecular weight is 709 g/mol. The molecule has 1 atom stereocenters. The van der Waals surface area contributed by atoms with Gasteiger partial charge in [0.25, 0.3) is 0 Å². The highest BCUT2D eigenvalue weighted by atomic mass is 35.5. The van der Waals surface area contributed by atoms with Crippen LogP contribution in [0.4, 0.5) is 5.69 Å². The van der Waals surface area contributed by atoms with Gasteiger partial charge in [0, 0.05) is 32.0 Å². The van der Waals surface area contributed by atoms with Crippen molar-refractivity contribution in [1.29, 1.82) is 0 Å². The van der Waals surface area contributed by atoms with Gasteiger partial charge in [0.15, 0.2) is 0 Å². The maximum Gasteiger partial charge on any atom is 0.243 e. The van der Waals surface area contributed by atoms with Crippen molar-refractivity contribution in [2.24, 2.45) is 0 Å². The van der Waals surface area contributed by atoms with Gasteiger partial charge in [-0.15, -0.1) is 0 Å². The van der Waals surface area contributed by atoms with Crippen LogP contribution in [0.5, 0.6) is 5.75 Å². The molecule has 3 aromatic carbocycles. The zero-order valence-electron chi connectivity index (χ0n) is 26.1. The van der Waals surface area contributed by atoms with Crippen molar-refractivity contribution in [2.75, 3.05) is 24.2 Å². The molecule has 1 fully saturated rings. The lowest BCUT2D eigenvalue weighted by Gasteiger charge is -2.34. The van der Waals surface area contributed by atoms with Crippen LogP contribution in [0.15, 0.2) is 66.7 Å². The Labute approximate surface area is 287 Å². The van der Waals surface area contributed by atoms with Gasteiger partial charge in [0.1, 0.15) is 11.8 Å². The van der Waals surface area contributed by atoms with Crippen LogP contribution in [0, 0.1) is 0 Å². The van der Waals surface area contributed by atoms with Crippen LogP contribution < -0.4 is 14.4 Å². The maximum atomic E-state index is 14.1. The molecule has 0 spiro atoms. The average Bonchev–Trinajstić information content (AvgIpc) is 3.03. The van der Waals surface area contributed by atoms with E-state index in [0.717, 1.165) is 49.5 Å². The molecular weight excluding hydrogens is 669 g/mol. The van der Waals surface area contributed by atoms with Crippen LogP contribution in [-0.2, 0) is 32.6 Å². The van der Waals surface area contributed by atoms with Gasteiger partial charge in [0.05, 0.1) is 34.1 Å². The Morgan fingerprint density at radius 3 is 2.26 bits per heavy atom. The highest BCUT2D eigenvalue weighted by Gasteiger charge is 2.32. The molecule has 1 saturated carbocycles. The predicted octanol–water partition coefficient (Wildman–Crippen LogP) is 7.29. The van der Waals surface area contributed by atoms with E-state index in [0.29, 0.717) is 27.9 Å². The minimum Gasteiger partial charge on any atom is -0.495 e. The van der Waals surface area contributed by atoms with Crippen LogP contribution >= 0.6 is 34.8 Å². The lowest BCUT2D eigenvalue weighted by Crippen LogP contribution is -2.52. The monoisotopic (exact) mass is 707 g/mol. The third kappa shape index (κ3) is 10.0. The van der Waals surface area contributed by atoms with E-state index >= 15 is 0 Å². The molecule has 0 saturated heterocycles. The zero-order chi connectivity index (χ0) is 33.3. The third-order valence-electron chi connectivity index (χ3n) is 8.14. The van der Waals surface area contributed by atoms with Crippen molar-refractivity contribution in [3.63, 3.8) is 0 Å². The van der Waals surface area contributed by atoms with E-state index in [2.05, 4.69) is 5.32 Å². The number of carbonyl (C=O) groups excluding carboxylic acids is 2. The Kier molecular flexibility index (Phi) is 13.0. The number of benzene rings is 3. The molecule has 2 amide bonds. The number of rotatable bonds is 14. The Hall–Kier alpha value is -2.98. The van der Waals surface area contributed by atoms with Crippen molar-refractivity contribution < 1.29 is 22.7 Å². The van der Waals surface area contributed by atoms with Crippen LogP contribution in [0.2, 0.25) is 15.1 Å². The van der Waals surface area contributed by atoms with Gasteiger partial charge in [-0.3, -0.25) is 13.9 Å². The fourth-order valence-electron chi connectivity index (χ4n) is 5.75. The topological polar surface area (TPSA) is 96.0 Å². The minimum absolute atomic E-state index is 0.000767. The molecule has 0 heterocycles. The summed E-state index contributed by atoms with van der Waals surface area (Å²) in [5.41, 5.74) is 2.00. The molecule has 1 aliphatic carbocycles. The van der Waals surface area contributed by atoms with Crippen molar-refractivity contribution in [2.45, 2.75) is 70.0 Å². The number of ether oxygens (including phenoxy) is 1. The number of hydrogen-bond donors (Lipinski definition) is 1. The number of methoxy groups -OCH3 is 1. The lowest BCUT2D eigenvalue weighted by molar-refractivity contribution is -0.141. The quantitative estimate of drug-likeness (QED) is 0.190. The molecule has 46 heavy (non-hydrogen) atoms. The second kappa shape index (κ2) is 16.7. The van der Waals surface area contributed by atoms with Gasteiger partial charge in [-0.25, -0.2) is 8.42 Å². The summed E-state index contributed by atoms with van der Waals surface area (Å²) in [5, 5.41) is 4.22. The normalized spacial score (nSPS) is 14.4. The standard InChI is InChI=1S/C34H40Cl3N3O5S/c1-45-32-18-16-27(22-30(32)37)40(46(2,43)44)19-9-14-33(41)39(23-25-15-17-28(35)29(36)20-25)31(21-24-10-5-3-6-11-24)34(42)38-26-12-7-4-8-13-26/h3,5-6,10-11,15-18,20,22,26,31H,4,7-9,12-14,19,21,23H2,1-2H3,(H,38,42)/t31-/m1/s1. The lowest BCUT2D eigenvalue weighted by atomic mass is 9.94. The fraction of sp³-hybridized carbons (Fsp3) is 0.412. The molecule has 0 aromatic heterocycles. The van der Waals surface area contributed by atoms with Crippen molar-refractivity contribution in [3.05, 3.63) is 92.9 Å². The number of carbonyl (C=O) groups is 2. The summed E-state index contributed by atoms with van der Waals surface area (Å²) < 4.78 is 32.0. The second-order valence-corrected chi connectivity index (χ2v) is 14.7. The zero-order valence-corrected chi connectivity index (χ0v) is 29.1. The van der Waals surface area contributed by atoms with E-state index in [1.807, 2.05) is 30.3 Å². The van der Waals surface area contributed by atoms with Crippen LogP contribution in [0.25, 0.3) is 0 Å². The van der Waals surface area contributed by atoms with Gasteiger partial charge in [-0.2, -0.15) is 0 Å². The minimum atomic E-state index is -3.70. The number of nitrogens with zero attached hydrogens (tertiary/aromatic N) is 2. The van der Waals surface area contributed by atoms with Gasteiger partial charge in [-0.05, 0) is 60.7 Å². The van der Waals surface area contributed by atoms with E-state index in [9.17, 15) is 18.0 Å². The first-order chi connectivity index (χ1) is 22.0. The predicted molar refractivity (Wildman–Crippen MR) is 185 cm³/mol. The highest BCUT2D eigenvalue weighted by Crippen LogP contribution is 2.31. The summed E-state index contributed by atoms with van der Waals surface area (Å²) in [6.45, 7) is 0.153. The molecule has 3 aromatic rings. The maximum absolute atomic E-state index is 14.1. The number of halogens is 3. The van der Waals surface area contributed by atoms with Crippen LogP contribution in [0.1, 0.15) is 56.1 Å². The number of hydrogen-bond acceptors (Lipinski definition) is 5. The van der Waals surface area contributed by atoms with Crippen molar-refractivity contribution in [1.82, 2.24) is 10.2 Å². The first-order valence-corrected chi connectivity index (χ1v) is 18.3. The molecular formula is C34H40Cl3N3O5S. The number of anilines is 1. The molecule has 8 nitrogen and oxygen atoms in total. The summed E-state index contributed by atoms with van der Waals surface area (Å²) in [6.07, 6.45) is 6.68.